The first-order chi connectivity index (χ1) is 9.63. The maximum atomic E-state index is 14.3. The quantitative estimate of drug-likeness (QED) is 0.917. The summed E-state index contributed by atoms with van der Waals surface area (Å²) in [6.45, 7) is 6.12. The fourth-order valence-electron chi connectivity index (χ4n) is 3.52. The third-order valence-corrected chi connectivity index (χ3v) is 4.50. The summed E-state index contributed by atoms with van der Waals surface area (Å²) in [6, 6.07) is 6.29. The second-order valence-corrected chi connectivity index (χ2v) is 6.25. The van der Waals surface area contributed by atoms with Crippen molar-refractivity contribution in [3.8, 4) is 0 Å². The molecule has 2 atom stereocenters. The molecule has 4 heteroatoms. The van der Waals surface area contributed by atoms with E-state index in [-0.39, 0.29) is 11.9 Å². The average molecular weight is 277 g/mol. The number of rotatable bonds is 3. The molecule has 3 nitrogen and oxygen atoms in total. The van der Waals surface area contributed by atoms with Gasteiger partial charge in [0.25, 0.3) is 0 Å². The first-order valence-electron chi connectivity index (χ1n) is 7.66. The van der Waals surface area contributed by atoms with Gasteiger partial charge in [0.15, 0.2) is 0 Å². The first kappa shape index (κ1) is 13.8. The Kier molecular flexibility index (Phi) is 3.94. The standard InChI is InChI=1S/C16H24FN3/c1-12(18)9-13-4-5-16(15(17)10-13)20-8-7-19-6-2-3-14(19)11-20/h4-5,10,12,14H,2-3,6-9,11,18H2,1H3. The lowest BCUT2D eigenvalue weighted by Gasteiger charge is -2.39. The minimum Gasteiger partial charge on any atom is -0.366 e. The molecule has 2 aliphatic heterocycles. The van der Waals surface area contributed by atoms with E-state index in [2.05, 4.69) is 9.80 Å². The number of halogens is 1. The Bertz CT molecular complexity index is 475. The highest BCUT2D eigenvalue weighted by Crippen LogP contribution is 2.27. The van der Waals surface area contributed by atoms with Crippen LogP contribution in [0.3, 0.4) is 0 Å². The van der Waals surface area contributed by atoms with Gasteiger partial charge in [0.05, 0.1) is 5.69 Å². The molecule has 0 aromatic heterocycles. The van der Waals surface area contributed by atoms with Crippen molar-refractivity contribution in [3.63, 3.8) is 0 Å². The van der Waals surface area contributed by atoms with Gasteiger partial charge in [0.2, 0.25) is 0 Å². The highest BCUT2D eigenvalue weighted by Gasteiger charge is 2.31. The van der Waals surface area contributed by atoms with Crippen molar-refractivity contribution < 1.29 is 4.39 Å². The molecule has 110 valence electrons. The maximum Gasteiger partial charge on any atom is 0.146 e. The van der Waals surface area contributed by atoms with Crippen molar-refractivity contribution in [2.45, 2.75) is 38.3 Å². The van der Waals surface area contributed by atoms with E-state index in [1.54, 1.807) is 6.07 Å². The van der Waals surface area contributed by atoms with Gasteiger partial charge >= 0.3 is 0 Å². The number of nitrogens with zero attached hydrogens (tertiary/aromatic N) is 2. The maximum absolute atomic E-state index is 14.3. The molecule has 1 aromatic carbocycles. The Morgan fingerprint density at radius 3 is 2.95 bits per heavy atom. The summed E-state index contributed by atoms with van der Waals surface area (Å²) in [6.07, 6.45) is 3.27. The van der Waals surface area contributed by atoms with Crippen LogP contribution in [0.25, 0.3) is 0 Å². The molecule has 2 aliphatic rings. The summed E-state index contributed by atoms with van der Waals surface area (Å²) in [7, 11) is 0. The van der Waals surface area contributed by atoms with Gasteiger partial charge in [0, 0.05) is 31.7 Å². The van der Waals surface area contributed by atoms with Gasteiger partial charge in [-0.2, -0.15) is 0 Å². The molecule has 2 N–H and O–H groups in total. The number of benzene rings is 1. The van der Waals surface area contributed by atoms with Crippen LogP contribution in [0.4, 0.5) is 10.1 Å². The Balaban J connectivity index is 1.73. The van der Waals surface area contributed by atoms with Crippen molar-refractivity contribution in [2.75, 3.05) is 31.1 Å². The predicted molar refractivity (Wildman–Crippen MR) is 80.6 cm³/mol. The van der Waals surface area contributed by atoms with E-state index in [4.69, 9.17) is 5.73 Å². The molecule has 2 fully saturated rings. The molecule has 2 heterocycles. The minimum absolute atomic E-state index is 0.0716. The van der Waals surface area contributed by atoms with Crippen molar-refractivity contribution in [1.29, 1.82) is 0 Å². The molecule has 20 heavy (non-hydrogen) atoms. The third kappa shape index (κ3) is 2.81. The van der Waals surface area contributed by atoms with Crippen LogP contribution in [-0.2, 0) is 6.42 Å². The molecule has 0 saturated carbocycles. The van der Waals surface area contributed by atoms with Gasteiger partial charge in [-0.15, -0.1) is 0 Å². The zero-order chi connectivity index (χ0) is 14.1. The largest absolute Gasteiger partial charge is 0.366 e. The van der Waals surface area contributed by atoms with E-state index in [9.17, 15) is 4.39 Å². The predicted octanol–water partition coefficient (Wildman–Crippen LogP) is 2.00. The van der Waals surface area contributed by atoms with Crippen LogP contribution in [0.2, 0.25) is 0 Å². The Hall–Kier alpha value is -1.13. The van der Waals surface area contributed by atoms with E-state index in [1.807, 2.05) is 19.1 Å². The van der Waals surface area contributed by atoms with E-state index in [0.717, 1.165) is 37.3 Å². The minimum atomic E-state index is -0.102. The zero-order valence-corrected chi connectivity index (χ0v) is 12.2. The fraction of sp³-hybridized carbons (Fsp3) is 0.625. The normalized spacial score (nSPS) is 24.8. The van der Waals surface area contributed by atoms with Crippen LogP contribution in [0, 0.1) is 5.82 Å². The molecular formula is C16H24FN3. The molecular weight excluding hydrogens is 253 g/mol. The number of hydrogen-bond acceptors (Lipinski definition) is 3. The second kappa shape index (κ2) is 5.70. The number of fused-ring (bicyclic) bond motifs is 1. The monoisotopic (exact) mass is 277 g/mol. The second-order valence-electron chi connectivity index (χ2n) is 6.25. The number of hydrogen-bond donors (Lipinski definition) is 1. The Labute approximate surface area is 120 Å². The Morgan fingerprint density at radius 2 is 2.20 bits per heavy atom. The summed E-state index contributed by atoms with van der Waals surface area (Å²) in [4.78, 5) is 4.75. The van der Waals surface area contributed by atoms with E-state index < -0.39 is 0 Å². The lowest BCUT2D eigenvalue weighted by atomic mass is 10.1. The molecule has 0 radical (unpaired) electrons. The van der Waals surface area contributed by atoms with Crippen LogP contribution >= 0.6 is 0 Å². The molecule has 1 aromatic rings. The summed E-state index contributed by atoms with van der Waals surface area (Å²) < 4.78 is 14.3. The first-order valence-corrected chi connectivity index (χ1v) is 7.66. The van der Waals surface area contributed by atoms with Crippen LogP contribution in [-0.4, -0.2) is 43.2 Å². The summed E-state index contributed by atoms with van der Waals surface area (Å²) >= 11 is 0. The van der Waals surface area contributed by atoms with Crippen molar-refractivity contribution in [1.82, 2.24) is 4.90 Å². The smallest absolute Gasteiger partial charge is 0.146 e. The van der Waals surface area contributed by atoms with Gasteiger partial charge in [-0.3, -0.25) is 4.90 Å². The number of anilines is 1. The number of piperazine rings is 1. The van der Waals surface area contributed by atoms with Crippen LogP contribution in [0.15, 0.2) is 18.2 Å². The van der Waals surface area contributed by atoms with Gasteiger partial charge in [-0.05, 0) is 50.4 Å². The van der Waals surface area contributed by atoms with Crippen molar-refractivity contribution >= 4 is 5.69 Å². The van der Waals surface area contributed by atoms with Crippen LogP contribution in [0.1, 0.15) is 25.3 Å². The molecule has 0 amide bonds. The van der Waals surface area contributed by atoms with Gasteiger partial charge in [-0.25, -0.2) is 4.39 Å². The van der Waals surface area contributed by atoms with E-state index >= 15 is 0 Å². The van der Waals surface area contributed by atoms with Crippen molar-refractivity contribution in [2.24, 2.45) is 5.73 Å². The molecule has 2 unspecified atom stereocenters. The molecule has 2 saturated heterocycles. The SMILES string of the molecule is CC(N)Cc1ccc(N2CCN3CCCC3C2)c(F)c1. The van der Waals surface area contributed by atoms with Gasteiger partial charge in [-0.1, -0.05) is 6.07 Å². The van der Waals surface area contributed by atoms with E-state index in [0.29, 0.717) is 6.04 Å². The Morgan fingerprint density at radius 1 is 1.35 bits per heavy atom. The van der Waals surface area contributed by atoms with Crippen LogP contribution < -0.4 is 10.6 Å². The van der Waals surface area contributed by atoms with Crippen molar-refractivity contribution in [3.05, 3.63) is 29.6 Å². The lowest BCUT2D eigenvalue weighted by molar-refractivity contribution is 0.230. The lowest BCUT2D eigenvalue weighted by Crippen LogP contribution is -2.50. The summed E-state index contributed by atoms with van der Waals surface area (Å²) in [5.41, 5.74) is 7.52. The van der Waals surface area contributed by atoms with Crippen LogP contribution in [0.5, 0.6) is 0 Å². The topological polar surface area (TPSA) is 32.5 Å². The molecule has 0 bridgehead atoms. The zero-order valence-electron chi connectivity index (χ0n) is 12.2. The fourth-order valence-corrected chi connectivity index (χ4v) is 3.52. The molecule has 0 spiro atoms. The highest BCUT2D eigenvalue weighted by atomic mass is 19.1. The van der Waals surface area contributed by atoms with E-state index in [1.165, 1.54) is 19.4 Å². The highest BCUT2D eigenvalue weighted by molar-refractivity contribution is 5.50. The summed E-state index contributed by atoms with van der Waals surface area (Å²) in [5.74, 6) is -0.102. The number of nitrogens with two attached hydrogens (primary N) is 1. The molecule has 3 rings (SSSR count). The van der Waals surface area contributed by atoms with Gasteiger partial charge < -0.3 is 10.6 Å². The molecule has 0 aliphatic carbocycles. The average Bonchev–Trinajstić information content (AvgIpc) is 2.85. The van der Waals surface area contributed by atoms with Gasteiger partial charge in [0.1, 0.15) is 5.82 Å². The third-order valence-electron chi connectivity index (χ3n) is 4.50. The summed E-state index contributed by atoms with van der Waals surface area (Å²) in [5, 5.41) is 0.